The summed E-state index contributed by atoms with van der Waals surface area (Å²) >= 11 is 6.05. The Balaban J connectivity index is 2.56. The molecule has 19 heavy (non-hydrogen) atoms. The van der Waals surface area contributed by atoms with Crippen molar-refractivity contribution in [3.05, 3.63) is 34.9 Å². The lowest BCUT2D eigenvalue weighted by Gasteiger charge is -2.15. The molecule has 0 aliphatic rings. The summed E-state index contributed by atoms with van der Waals surface area (Å²) in [6, 6.07) is 6.93. The number of halogens is 1. The molecule has 0 saturated carbocycles. The second kappa shape index (κ2) is 7.85. The molecule has 0 amide bonds. The van der Waals surface area contributed by atoms with Crippen molar-refractivity contribution >= 4 is 21.6 Å². The summed E-state index contributed by atoms with van der Waals surface area (Å²) < 4.78 is 26.5. The topological polar surface area (TPSA) is 58.2 Å². The van der Waals surface area contributed by atoms with Gasteiger partial charge in [0, 0.05) is 11.1 Å². The summed E-state index contributed by atoms with van der Waals surface area (Å²) in [6.07, 6.45) is 0.596. The van der Waals surface area contributed by atoms with E-state index in [-0.39, 0.29) is 11.8 Å². The van der Waals surface area contributed by atoms with Gasteiger partial charge in [0.15, 0.2) is 0 Å². The van der Waals surface area contributed by atoms with Crippen molar-refractivity contribution in [1.82, 2.24) is 10.0 Å². The van der Waals surface area contributed by atoms with Crippen molar-refractivity contribution in [2.75, 3.05) is 18.8 Å². The molecule has 0 saturated heterocycles. The number of benzene rings is 1. The highest BCUT2D eigenvalue weighted by Gasteiger charge is 2.16. The first kappa shape index (κ1) is 16.4. The van der Waals surface area contributed by atoms with Crippen LogP contribution in [0.2, 0.25) is 5.02 Å². The quantitative estimate of drug-likeness (QED) is 0.725. The third-order valence-electron chi connectivity index (χ3n) is 2.74. The number of hydrogen-bond donors (Lipinski definition) is 2. The van der Waals surface area contributed by atoms with E-state index in [0.717, 1.165) is 12.1 Å². The predicted octanol–water partition coefficient (Wildman–Crippen LogP) is 2.32. The molecule has 1 rings (SSSR count). The molecule has 0 radical (unpaired) electrons. The van der Waals surface area contributed by atoms with E-state index in [1.807, 2.05) is 25.1 Å². The Hall–Kier alpha value is -0.620. The smallest absolute Gasteiger partial charge is 0.212 e. The van der Waals surface area contributed by atoms with Crippen LogP contribution in [-0.4, -0.2) is 27.3 Å². The predicted molar refractivity (Wildman–Crippen MR) is 80.0 cm³/mol. The third-order valence-corrected chi connectivity index (χ3v) is 4.63. The summed E-state index contributed by atoms with van der Waals surface area (Å²) in [5, 5.41) is 3.68. The first-order valence-corrected chi connectivity index (χ1v) is 8.44. The van der Waals surface area contributed by atoms with Gasteiger partial charge >= 0.3 is 0 Å². The van der Waals surface area contributed by atoms with Crippen molar-refractivity contribution < 1.29 is 8.42 Å². The number of nitrogens with one attached hydrogen (secondary N) is 2. The van der Waals surface area contributed by atoms with E-state index >= 15 is 0 Å². The summed E-state index contributed by atoms with van der Waals surface area (Å²) in [5.41, 5.74) is 0.791. The summed E-state index contributed by atoms with van der Waals surface area (Å²) in [7, 11) is -3.27. The summed E-state index contributed by atoms with van der Waals surface area (Å²) in [5.74, 6) is 0.120. The Bertz CT molecular complexity index is 491. The maximum atomic E-state index is 11.9. The van der Waals surface area contributed by atoms with Crippen molar-refractivity contribution in [2.24, 2.45) is 0 Å². The molecule has 0 spiro atoms. The largest absolute Gasteiger partial charge is 0.317 e. The van der Waals surface area contributed by atoms with Crippen LogP contribution in [0.1, 0.15) is 31.9 Å². The zero-order valence-electron chi connectivity index (χ0n) is 11.3. The van der Waals surface area contributed by atoms with Gasteiger partial charge in [0.2, 0.25) is 10.0 Å². The molecule has 1 aromatic carbocycles. The van der Waals surface area contributed by atoms with Gasteiger partial charge in [-0.1, -0.05) is 36.7 Å². The molecule has 0 heterocycles. The fourth-order valence-electron chi connectivity index (χ4n) is 1.78. The zero-order valence-corrected chi connectivity index (χ0v) is 12.9. The van der Waals surface area contributed by atoms with Gasteiger partial charge in [-0.15, -0.1) is 0 Å². The highest BCUT2D eigenvalue weighted by Crippen LogP contribution is 2.22. The van der Waals surface area contributed by atoms with Crippen LogP contribution in [0.25, 0.3) is 0 Å². The SMILES string of the molecule is CCNCCCS(=O)(=O)NC(C)c1ccccc1Cl. The van der Waals surface area contributed by atoms with Crippen LogP contribution >= 0.6 is 11.6 Å². The maximum Gasteiger partial charge on any atom is 0.212 e. The van der Waals surface area contributed by atoms with Crippen molar-refractivity contribution in [1.29, 1.82) is 0 Å². The van der Waals surface area contributed by atoms with Crippen LogP contribution in [0.15, 0.2) is 24.3 Å². The van der Waals surface area contributed by atoms with Gasteiger partial charge in [-0.05, 0) is 38.1 Å². The fourth-order valence-corrected chi connectivity index (χ4v) is 3.39. The molecule has 1 atom stereocenters. The molecular weight excluding hydrogens is 284 g/mol. The van der Waals surface area contributed by atoms with Gasteiger partial charge in [-0.3, -0.25) is 0 Å². The number of rotatable bonds is 8. The highest BCUT2D eigenvalue weighted by molar-refractivity contribution is 7.89. The molecule has 0 fully saturated rings. The Morgan fingerprint density at radius 2 is 2.00 bits per heavy atom. The number of sulfonamides is 1. The second-order valence-electron chi connectivity index (χ2n) is 4.39. The van der Waals surface area contributed by atoms with E-state index in [0.29, 0.717) is 18.0 Å². The van der Waals surface area contributed by atoms with Crippen molar-refractivity contribution in [3.63, 3.8) is 0 Å². The first-order chi connectivity index (χ1) is 8.96. The molecule has 6 heteroatoms. The third kappa shape index (κ3) is 5.91. The minimum atomic E-state index is -3.27. The van der Waals surface area contributed by atoms with Gasteiger partial charge in [0.1, 0.15) is 0 Å². The van der Waals surface area contributed by atoms with E-state index in [2.05, 4.69) is 10.0 Å². The standard InChI is InChI=1S/C13H21ClN2O2S/c1-3-15-9-6-10-19(17,18)16-11(2)12-7-4-5-8-13(12)14/h4-5,7-8,11,15-16H,3,6,9-10H2,1-2H3. The minimum absolute atomic E-state index is 0.120. The Labute approximate surface area is 120 Å². The van der Waals surface area contributed by atoms with Crippen LogP contribution in [0.3, 0.4) is 0 Å². The Morgan fingerprint density at radius 3 is 2.63 bits per heavy atom. The lowest BCUT2D eigenvalue weighted by Crippen LogP contribution is -2.30. The maximum absolute atomic E-state index is 11.9. The normalized spacial score (nSPS) is 13.4. The van der Waals surface area contributed by atoms with Crippen LogP contribution < -0.4 is 10.0 Å². The summed E-state index contributed by atoms with van der Waals surface area (Å²) in [4.78, 5) is 0. The van der Waals surface area contributed by atoms with Gasteiger partial charge in [-0.25, -0.2) is 13.1 Å². The average molecular weight is 305 g/mol. The van der Waals surface area contributed by atoms with Gasteiger partial charge in [0.25, 0.3) is 0 Å². The highest BCUT2D eigenvalue weighted by atomic mass is 35.5. The van der Waals surface area contributed by atoms with Crippen LogP contribution in [-0.2, 0) is 10.0 Å². The molecular formula is C13H21ClN2O2S. The number of hydrogen-bond acceptors (Lipinski definition) is 3. The van der Waals surface area contributed by atoms with Crippen LogP contribution in [0.4, 0.5) is 0 Å². The Kier molecular flexibility index (Phi) is 6.79. The van der Waals surface area contributed by atoms with Crippen molar-refractivity contribution in [3.8, 4) is 0 Å². The van der Waals surface area contributed by atoms with E-state index in [9.17, 15) is 8.42 Å². The molecule has 4 nitrogen and oxygen atoms in total. The molecule has 108 valence electrons. The Morgan fingerprint density at radius 1 is 1.32 bits per heavy atom. The van der Waals surface area contributed by atoms with Gasteiger partial charge in [-0.2, -0.15) is 0 Å². The zero-order chi connectivity index (χ0) is 14.3. The van der Waals surface area contributed by atoms with Crippen LogP contribution in [0, 0.1) is 0 Å². The van der Waals surface area contributed by atoms with E-state index in [1.165, 1.54) is 0 Å². The summed E-state index contributed by atoms with van der Waals surface area (Å²) in [6.45, 7) is 5.34. The van der Waals surface area contributed by atoms with Gasteiger partial charge < -0.3 is 5.32 Å². The lowest BCUT2D eigenvalue weighted by atomic mass is 10.1. The fraction of sp³-hybridized carbons (Fsp3) is 0.538. The molecule has 1 aromatic rings. The van der Waals surface area contributed by atoms with Gasteiger partial charge in [0.05, 0.1) is 5.75 Å². The molecule has 0 bridgehead atoms. The molecule has 0 aliphatic carbocycles. The monoisotopic (exact) mass is 304 g/mol. The van der Waals surface area contributed by atoms with Crippen LogP contribution in [0.5, 0.6) is 0 Å². The minimum Gasteiger partial charge on any atom is -0.317 e. The molecule has 1 unspecified atom stereocenters. The lowest BCUT2D eigenvalue weighted by molar-refractivity contribution is 0.562. The molecule has 0 aliphatic heterocycles. The first-order valence-electron chi connectivity index (χ1n) is 6.41. The van der Waals surface area contributed by atoms with Crippen molar-refractivity contribution in [2.45, 2.75) is 26.3 Å². The van der Waals surface area contributed by atoms with E-state index in [1.54, 1.807) is 13.0 Å². The second-order valence-corrected chi connectivity index (χ2v) is 6.67. The van der Waals surface area contributed by atoms with E-state index < -0.39 is 10.0 Å². The average Bonchev–Trinajstić information content (AvgIpc) is 2.34. The molecule has 2 N–H and O–H groups in total. The molecule has 0 aromatic heterocycles. The van der Waals surface area contributed by atoms with E-state index in [4.69, 9.17) is 11.6 Å².